The molecule has 0 aliphatic rings. The van der Waals surface area contributed by atoms with Crippen LogP contribution in [0.25, 0.3) is 0 Å². The highest BCUT2D eigenvalue weighted by Gasteiger charge is 2.12. The predicted octanol–water partition coefficient (Wildman–Crippen LogP) is 3.04. The molecule has 15 heavy (non-hydrogen) atoms. The lowest BCUT2D eigenvalue weighted by Crippen LogP contribution is -2.35. The first-order valence-corrected chi connectivity index (χ1v) is 6.41. The maximum Gasteiger partial charge on any atom is 0.252 e. The van der Waals surface area contributed by atoms with E-state index in [2.05, 4.69) is 27.9 Å². The first-order valence-electron chi connectivity index (χ1n) is 4.80. The highest BCUT2D eigenvalue weighted by Crippen LogP contribution is 2.11. The minimum Gasteiger partial charge on any atom is -0.348 e. The maximum atomic E-state index is 11.8. The van der Waals surface area contributed by atoms with Crippen molar-refractivity contribution in [1.29, 1.82) is 0 Å². The van der Waals surface area contributed by atoms with Gasteiger partial charge in [0.1, 0.15) is 0 Å². The number of halogens is 2. The van der Waals surface area contributed by atoms with Crippen LogP contribution >= 0.6 is 34.2 Å². The molecule has 1 rings (SSSR count). The number of rotatable bonds is 4. The standard InChI is InChI=1S/C11H13ClINO/c1-2-8(7-12)14-11(15)9-5-3-4-6-10(9)13/h3-6,8H,2,7H2,1H3,(H,14,15). The van der Waals surface area contributed by atoms with Crippen LogP contribution in [-0.2, 0) is 0 Å². The second-order valence-corrected chi connectivity index (χ2v) is 4.68. The highest BCUT2D eigenvalue weighted by molar-refractivity contribution is 14.1. The quantitative estimate of drug-likeness (QED) is 0.664. The zero-order valence-electron chi connectivity index (χ0n) is 8.47. The molecule has 1 unspecified atom stereocenters. The second kappa shape index (κ2) is 6.33. The van der Waals surface area contributed by atoms with Crippen molar-refractivity contribution in [3.8, 4) is 0 Å². The van der Waals surface area contributed by atoms with Gasteiger partial charge < -0.3 is 5.32 Å². The number of amides is 1. The van der Waals surface area contributed by atoms with Gasteiger partial charge in [0.2, 0.25) is 0 Å². The van der Waals surface area contributed by atoms with Gasteiger partial charge in [-0.2, -0.15) is 0 Å². The summed E-state index contributed by atoms with van der Waals surface area (Å²) in [7, 11) is 0. The van der Waals surface area contributed by atoms with Crippen molar-refractivity contribution < 1.29 is 4.79 Å². The fourth-order valence-electron chi connectivity index (χ4n) is 1.16. The molecular formula is C11H13ClINO. The Balaban J connectivity index is 2.73. The zero-order valence-corrected chi connectivity index (χ0v) is 11.4. The number of benzene rings is 1. The lowest BCUT2D eigenvalue weighted by Gasteiger charge is -2.14. The first-order chi connectivity index (χ1) is 7.19. The van der Waals surface area contributed by atoms with Gasteiger partial charge in [-0.3, -0.25) is 4.79 Å². The van der Waals surface area contributed by atoms with Gasteiger partial charge in [0.25, 0.3) is 5.91 Å². The monoisotopic (exact) mass is 337 g/mol. The summed E-state index contributed by atoms with van der Waals surface area (Å²) in [5, 5.41) is 2.90. The van der Waals surface area contributed by atoms with E-state index >= 15 is 0 Å². The molecule has 0 heterocycles. The van der Waals surface area contributed by atoms with Gasteiger partial charge in [-0.1, -0.05) is 19.1 Å². The fraction of sp³-hybridized carbons (Fsp3) is 0.364. The molecule has 0 saturated heterocycles. The van der Waals surface area contributed by atoms with Crippen molar-refractivity contribution in [3.05, 3.63) is 33.4 Å². The van der Waals surface area contributed by atoms with E-state index in [1.807, 2.05) is 31.2 Å². The zero-order chi connectivity index (χ0) is 11.3. The van der Waals surface area contributed by atoms with Crippen LogP contribution in [0.2, 0.25) is 0 Å². The third-order valence-electron chi connectivity index (χ3n) is 2.13. The summed E-state index contributed by atoms with van der Waals surface area (Å²) < 4.78 is 0.956. The van der Waals surface area contributed by atoms with E-state index in [9.17, 15) is 4.79 Å². The molecule has 4 heteroatoms. The topological polar surface area (TPSA) is 29.1 Å². The summed E-state index contributed by atoms with van der Waals surface area (Å²) in [5.74, 6) is 0.401. The molecule has 2 nitrogen and oxygen atoms in total. The van der Waals surface area contributed by atoms with Gasteiger partial charge >= 0.3 is 0 Å². The van der Waals surface area contributed by atoms with Crippen LogP contribution in [0, 0.1) is 3.57 Å². The van der Waals surface area contributed by atoms with E-state index in [4.69, 9.17) is 11.6 Å². The maximum absolute atomic E-state index is 11.8. The number of nitrogens with one attached hydrogen (secondary N) is 1. The number of alkyl halides is 1. The van der Waals surface area contributed by atoms with E-state index in [-0.39, 0.29) is 11.9 Å². The highest BCUT2D eigenvalue weighted by atomic mass is 127. The average molecular weight is 338 g/mol. The van der Waals surface area contributed by atoms with Crippen LogP contribution in [0.15, 0.2) is 24.3 Å². The lowest BCUT2D eigenvalue weighted by atomic mass is 10.2. The Labute approximate surface area is 109 Å². The molecule has 1 aromatic rings. The Morgan fingerprint density at radius 2 is 2.20 bits per heavy atom. The Morgan fingerprint density at radius 1 is 1.53 bits per heavy atom. The molecule has 1 amide bonds. The number of hydrogen-bond donors (Lipinski definition) is 1. The van der Waals surface area contributed by atoms with Crippen LogP contribution in [0.4, 0.5) is 0 Å². The Bertz CT molecular complexity index is 339. The molecule has 0 saturated carbocycles. The normalized spacial score (nSPS) is 12.2. The molecule has 0 aromatic heterocycles. The Hall–Kier alpha value is -0.290. The van der Waals surface area contributed by atoms with Crippen molar-refractivity contribution in [1.82, 2.24) is 5.32 Å². The van der Waals surface area contributed by atoms with Crippen LogP contribution < -0.4 is 5.32 Å². The van der Waals surface area contributed by atoms with Crippen LogP contribution in [0.5, 0.6) is 0 Å². The smallest absolute Gasteiger partial charge is 0.252 e. The van der Waals surface area contributed by atoms with Crippen molar-refractivity contribution in [3.63, 3.8) is 0 Å². The Morgan fingerprint density at radius 3 is 2.73 bits per heavy atom. The van der Waals surface area contributed by atoms with E-state index < -0.39 is 0 Å². The van der Waals surface area contributed by atoms with Crippen LogP contribution in [0.3, 0.4) is 0 Å². The van der Waals surface area contributed by atoms with E-state index in [0.717, 1.165) is 9.99 Å². The van der Waals surface area contributed by atoms with Gasteiger partial charge in [-0.15, -0.1) is 11.6 Å². The number of carbonyl (C=O) groups is 1. The van der Waals surface area contributed by atoms with Gasteiger partial charge in [0.05, 0.1) is 5.56 Å². The summed E-state index contributed by atoms with van der Waals surface area (Å²) in [6, 6.07) is 7.56. The summed E-state index contributed by atoms with van der Waals surface area (Å²) in [4.78, 5) is 11.8. The molecule has 0 radical (unpaired) electrons. The molecule has 82 valence electrons. The SMILES string of the molecule is CCC(CCl)NC(=O)c1ccccc1I. The van der Waals surface area contributed by atoms with Crippen molar-refractivity contribution in [2.24, 2.45) is 0 Å². The fourth-order valence-corrected chi connectivity index (χ4v) is 2.09. The summed E-state index contributed by atoms with van der Waals surface area (Å²) in [5.41, 5.74) is 0.710. The van der Waals surface area contributed by atoms with E-state index in [1.54, 1.807) is 0 Å². The Kier molecular flexibility index (Phi) is 5.39. The minimum absolute atomic E-state index is 0.0486. The molecule has 1 atom stereocenters. The predicted molar refractivity (Wildman–Crippen MR) is 71.4 cm³/mol. The molecule has 0 aliphatic heterocycles. The molecule has 1 aromatic carbocycles. The summed E-state index contributed by atoms with van der Waals surface area (Å²) in [6.07, 6.45) is 0.846. The van der Waals surface area contributed by atoms with Crippen molar-refractivity contribution >= 4 is 40.1 Å². The third-order valence-corrected chi connectivity index (χ3v) is 3.45. The molecule has 0 aliphatic carbocycles. The average Bonchev–Trinajstić information content (AvgIpc) is 2.26. The number of carbonyl (C=O) groups excluding carboxylic acids is 1. The molecule has 0 fully saturated rings. The molecule has 0 spiro atoms. The molecule has 1 N–H and O–H groups in total. The summed E-state index contributed by atoms with van der Waals surface area (Å²) >= 11 is 7.88. The van der Waals surface area contributed by atoms with Gasteiger partial charge in [-0.05, 0) is 41.1 Å². The summed E-state index contributed by atoms with van der Waals surface area (Å²) in [6.45, 7) is 2.00. The van der Waals surface area contributed by atoms with Gasteiger partial charge in [0, 0.05) is 15.5 Å². The molecular weight excluding hydrogens is 324 g/mol. The molecule has 0 bridgehead atoms. The van der Waals surface area contributed by atoms with Gasteiger partial charge in [0.15, 0.2) is 0 Å². The van der Waals surface area contributed by atoms with Crippen molar-refractivity contribution in [2.45, 2.75) is 19.4 Å². The second-order valence-electron chi connectivity index (χ2n) is 3.21. The number of hydrogen-bond acceptors (Lipinski definition) is 1. The van der Waals surface area contributed by atoms with E-state index in [1.165, 1.54) is 0 Å². The van der Waals surface area contributed by atoms with Gasteiger partial charge in [-0.25, -0.2) is 0 Å². The first kappa shape index (κ1) is 12.8. The van der Waals surface area contributed by atoms with E-state index in [0.29, 0.717) is 11.4 Å². The third kappa shape index (κ3) is 3.65. The van der Waals surface area contributed by atoms with Crippen LogP contribution in [-0.4, -0.2) is 17.8 Å². The largest absolute Gasteiger partial charge is 0.348 e. The van der Waals surface area contributed by atoms with Crippen LogP contribution in [0.1, 0.15) is 23.7 Å². The lowest BCUT2D eigenvalue weighted by molar-refractivity contribution is 0.0939. The van der Waals surface area contributed by atoms with Crippen molar-refractivity contribution in [2.75, 3.05) is 5.88 Å². The minimum atomic E-state index is -0.0486.